The number of nitrogens with one attached hydrogen (secondary N) is 2. The van der Waals surface area contributed by atoms with E-state index >= 15 is 0 Å². The minimum absolute atomic E-state index is 0.0713. The molecule has 144 valence electrons. The number of anilines is 1. The number of fused-ring (bicyclic) bond motifs is 1. The first-order valence-electron chi connectivity index (χ1n) is 8.75. The van der Waals surface area contributed by atoms with Crippen molar-refractivity contribution in [1.82, 2.24) is 4.98 Å². The summed E-state index contributed by atoms with van der Waals surface area (Å²) < 4.78 is 0.895. The van der Waals surface area contributed by atoms with Crippen LogP contribution in [0.25, 0.3) is 10.9 Å². The number of amides is 2. The smallest absolute Gasteiger partial charge is 0.295 e. The van der Waals surface area contributed by atoms with Crippen molar-refractivity contribution in [2.24, 2.45) is 10.2 Å². The minimum atomic E-state index is -0.547. The number of carbonyl (C=O) groups is 2. The van der Waals surface area contributed by atoms with Crippen molar-refractivity contribution in [3.05, 3.63) is 52.0 Å². The maximum atomic E-state index is 12.3. The summed E-state index contributed by atoms with van der Waals surface area (Å²) in [5.74, 6) is -0.773. The van der Waals surface area contributed by atoms with E-state index in [1.807, 2.05) is 26.0 Å². The number of aromatic nitrogens is 1. The molecule has 2 aromatic carbocycles. The number of benzene rings is 2. The van der Waals surface area contributed by atoms with Crippen molar-refractivity contribution in [1.29, 1.82) is 0 Å². The van der Waals surface area contributed by atoms with Gasteiger partial charge in [0.25, 0.3) is 5.91 Å². The number of nitrogens with zero attached hydrogens (tertiary/aromatic N) is 2. The van der Waals surface area contributed by atoms with Gasteiger partial charge in [0.2, 0.25) is 11.8 Å². The third-order valence-electron chi connectivity index (χ3n) is 4.16. The molecule has 28 heavy (non-hydrogen) atoms. The fourth-order valence-electron chi connectivity index (χ4n) is 2.70. The Hall–Kier alpha value is -3.00. The van der Waals surface area contributed by atoms with Crippen molar-refractivity contribution in [3.8, 4) is 5.88 Å². The zero-order valence-corrected chi connectivity index (χ0v) is 17.0. The number of rotatable bonds is 5. The van der Waals surface area contributed by atoms with Gasteiger partial charge in [-0.25, -0.2) is 0 Å². The Kier molecular flexibility index (Phi) is 5.89. The number of aromatic hydroxyl groups is 1. The van der Waals surface area contributed by atoms with E-state index in [4.69, 9.17) is 0 Å². The zero-order chi connectivity index (χ0) is 20.3. The van der Waals surface area contributed by atoms with Crippen LogP contribution < -0.4 is 5.32 Å². The molecule has 1 aromatic heterocycles. The quantitative estimate of drug-likeness (QED) is 0.447. The number of H-pyrrole nitrogens is 1. The normalized spacial score (nSPS) is 11.2. The molecule has 3 N–H and O–H groups in total. The van der Waals surface area contributed by atoms with Gasteiger partial charge in [-0.15, -0.1) is 10.2 Å². The van der Waals surface area contributed by atoms with Crippen LogP contribution in [0.3, 0.4) is 0 Å². The summed E-state index contributed by atoms with van der Waals surface area (Å²) in [6, 6.07) is 10.1. The number of carbonyl (C=O) groups excluding carboxylic acids is 2. The highest BCUT2D eigenvalue weighted by molar-refractivity contribution is 9.10. The molecular weight excluding hydrogens is 424 g/mol. The molecule has 0 atom stereocenters. The second-order valence-corrected chi connectivity index (χ2v) is 7.20. The topological polar surface area (TPSA) is 107 Å². The largest absolute Gasteiger partial charge is 0.493 e. The summed E-state index contributed by atoms with van der Waals surface area (Å²) in [5.41, 5.74) is 2.80. The Morgan fingerprint density at radius 3 is 2.61 bits per heavy atom. The van der Waals surface area contributed by atoms with E-state index in [1.165, 1.54) is 0 Å². The third-order valence-corrected chi connectivity index (χ3v) is 5.02. The van der Waals surface area contributed by atoms with Gasteiger partial charge in [-0.1, -0.05) is 22.9 Å². The predicted molar refractivity (Wildman–Crippen MR) is 111 cm³/mol. The van der Waals surface area contributed by atoms with Crippen LogP contribution in [0.15, 0.2) is 51.1 Å². The molecule has 0 aliphatic rings. The molecule has 0 aliphatic heterocycles. The standard InChI is InChI=1S/C20H19BrN4O3/c1-3-4-17(26)22-13-7-5-12(6-8-13)19(27)25-24-18-14-9-11(2)15(21)10-16(14)23-20(18)28/h5-10,23,28H,3-4H2,1-2H3,(H,22,26). The molecule has 0 aliphatic carbocycles. The first kappa shape index (κ1) is 19.8. The maximum Gasteiger partial charge on any atom is 0.295 e. The molecule has 1 heterocycles. The molecule has 0 saturated heterocycles. The van der Waals surface area contributed by atoms with Crippen LogP contribution in [-0.2, 0) is 4.79 Å². The fourth-order valence-corrected chi connectivity index (χ4v) is 3.04. The van der Waals surface area contributed by atoms with E-state index in [2.05, 4.69) is 36.5 Å². The van der Waals surface area contributed by atoms with Gasteiger partial charge in [-0.05, 0) is 55.3 Å². The van der Waals surface area contributed by atoms with E-state index in [-0.39, 0.29) is 17.5 Å². The summed E-state index contributed by atoms with van der Waals surface area (Å²) >= 11 is 3.44. The number of hydrogen-bond donors (Lipinski definition) is 3. The number of aromatic amines is 1. The van der Waals surface area contributed by atoms with Crippen molar-refractivity contribution in [2.75, 3.05) is 5.32 Å². The van der Waals surface area contributed by atoms with E-state index < -0.39 is 5.91 Å². The molecule has 0 radical (unpaired) electrons. The molecule has 3 aromatic rings. The molecule has 7 nitrogen and oxygen atoms in total. The highest BCUT2D eigenvalue weighted by Crippen LogP contribution is 2.37. The monoisotopic (exact) mass is 442 g/mol. The third kappa shape index (κ3) is 4.28. The van der Waals surface area contributed by atoms with E-state index in [0.29, 0.717) is 28.6 Å². The number of hydrogen-bond acceptors (Lipinski definition) is 4. The lowest BCUT2D eigenvalue weighted by molar-refractivity contribution is -0.116. The SMILES string of the molecule is CCCC(=O)Nc1ccc(C(=O)N=Nc2c(O)[nH]c3cc(Br)c(C)cc23)cc1. The van der Waals surface area contributed by atoms with Crippen molar-refractivity contribution in [3.63, 3.8) is 0 Å². The van der Waals surface area contributed by atoms with Crippen LogP contribution in [-0.4, -0.2) is 21.9 Å². The first-order valence-corrected chi connectivity index (χ1v) is 9.55. The van der Waals surface area contributed by atoms with Crippen molar-refractivity contribution in [2.45, 2.75) is 26.7 Å². The summed E-state index contributed by atoms with van der Waals surface area (Å²) in [7, 11) is 0. The van der Waals surface area contributed by atoms with Gasteiger partial charge in [-0.2, -0.15) is 0 Å². The Morgan fingerprint density at radius 2 is 1.93 bits per heavy atom. The summed E-state index contributed by atoms with van der Waals surface area (Å²) in [5, 5.41) is 21.2. The fraction of sp³-hybridized carbons (Fsp3) is 0.200. The van der Waals surface area contributed by atoms with Crippen LogP contribution in [0.5, 0.6) is 5.88 Å². The van der Waals surface area contributed by atoms with E-state index in [1.54, 1.807) is 24.3 Å². The first-order chi connectivity index (χ1) is 13.4. The Morgan fingerprint density at radius 1 is 1.21 bits per heavy atom. The summed E-state index contributed by atoms with van der Waals surface area (Å²) in [6.07, 6.45) is 1.21. The van der Waals surface area contributed by atoms with Crippen molar-refractivity contribution < 1.29 is 14.7 Å². The Balaban J connectivity index is 1.78. The second kappa shape index (κ2) is 8.35. The lowest BCUT2D eigenvalue weighted by Gasteiger charge is -2.04. The van der Waals surface area contributed by atoms with Crippen LogP contribution in [0.1, 0.15) is 35.7 Å². The molecule has 0 saturated carbocycles. The lowest BCUT2D eigenvalue weighted by atomic mass is 10.1. The molecule has 3 rings (SSSR count). The Bertz CT molecular complexity index is 1070. The average molecular weight is 443 g/mol. The lowest BCUT2D eigenvalue weighted by Crippen LogP contribution is -2.10. The Labute approximate surface area is 170 Å². The summed E-state index contributed by atoms with van der Waals surface area (Å²) in [6.45, 7) is 3.85. The second-order valence-electron chi connectivity index (χ2n) is 6.35. The molecule has 8 heteroatoms. The predicted octanol–water partition coefficient (Wildman–Crippen LogP) is 5.61. The number of azo groups is 1. The van der Waals surface area contributed by atoms with Gasteiger partial charge in [0.05, 0.1) is 5.52 Å². The summed E-state index contributed by atoms with van der Waals surface area (Å²) in [4.78, 5) is 26.7. The minimum Gasteiger partial charge on any atom is -0.493 e. The molecule has 0 fully saturated rings. The molecule has 0 spiro atoms. The van der Waals surface area contributed by atoms with Crippen molar-refractivity contribution >= 4 is 50.0 Å². The van der Waals surface area contributed by atoms with Crippen LogP contribution >= 0.6 is 15.9 Å². The van der Waals surface area contributed by atoms with Gasteiger partial charge >= 0.3 is 0 Å². The molecule has 0 bridgehead atoms. The van der Waals surface area contributed by atoms with Gasteiger partial charge < -0.3 is 15.4 Å². The molecular formula is C20H19BrN4O3. The van der Waals surface area contributed by atoms with Crippen LogP contribution in [0.2, 0.25) is 0 Å². The van der Waals surface area contributed by atoms with Gasteiger partial charge in [0.1, 0.15) is 0 Å². The molecule has 0 unspecified atom stereocenters. The highest BCUT2D eigenvalue weighted by Gasteiger charge is 2.13. The van der Waals surface area contributed by atoms with Gasteiger partial charge in [0, 0.05) is 27.5 Å². The number of aryl methyl sites for hydroxylation is 1. The maximum absolute atomic E-state index is 12.3. The number of halogens is 1. The van der Waals surface area contributed by atoms with Crippen LogP contribution in [0, 0.1) is 6.92 Å². The van der Waals surface area contributed by atoms with E-state index in [9.17, 15) is 14.7 Å². The highest BCUT2D eigenvalue weighted by atomic mass is 79.9. The van der Waals surface area contributed by atoms with Gasteiger partial charge in [0.15, 0.2) is 5.69 Å². The molecule has 2 amide bonds. The van der Waals surface area contributed by atoms with Gasteiger partial charge in [-0.3, -0.25) is 9.59 Å². The average Bonchev–Trinajstić information content (AvgIpc) is 2.95. The zero-order valence-electron chi connectivity index (χ0n) is 15.4. The van der Waals surface area contributed by atoms with E-state index in [0.717, 1.165) is 16.5 Å². The van der Waals surface area contributed by atoms with Crippen LogP contribution in [0.4, 0.5) is 11.4 Å².